The van der Waals surface area contributed by atoms with Gasteiger partial charge in [0.25, 0.3) is 0 Å². The summed E-state index contributed by atoms with van der Waals surface area (Å²) in [5.74, 6) is 0.753. The number of anilines is 1. The summed E-state index contributed by atoms with van der Waals surface area (Å²) >= 11 is 0. The van der Waals surface area contributed by atoms with Crippen LogP contribution in [-0.4, -0.2) is 50.4 Å². The van der Waals surface area contributed by atoms with E-state index in [4.69, 9.17) is 4.74 Å². The van der Waals surface area contributed by atoms with Gasteiger partial charge in [0.1, 0.15) is 12.4 Å². The fourth-order valence-electron chi connectivity index (χ4n) is 2.76. The number of aryl methyl sites for hydroxylation is 3. The molecular weight excluding hydrogens is 308 g/mol. The highest BCUT2D eigenvalue weighted by atomic mass is 16.5. The Morgan fingerprint density at radius 2 is 2.25 bits per heavy atom. The van der Waals surface area contributed by atoms with Crippen LogP contribution in [0.1, 0.15) is 30.2 Å². The number of carbonyl (C=O) groups excluding carboxylic acids is 1. The third kappa shape index (κ3) is 3.38. The molecule has 1 atom stereocenters. The van der Waals surface area contributed by atoms with Gasteiger partial charge in [-0.2, -0.15) is 0 Å². The molecule has 0 radical (unpaired) electrons. The van der Waals surface area contributed by atoms with E-state index in [9.17, 15) is 4.79 Å². The molecule has 2 amide bonds. The average Bonchev–Trinajstić information content (AvgIpc) is 3.06. The quantitative estimate of drug-likeness (QED) is 0.929. The molecule has 24 heavy (non-hydrogen) atoms. The summed E-state index contributed by atoms with van der Waals surface area (Å²) in [5, 5.41) is 11.0. The molecule has 0 aromatic carbocycles. The highest BCUT2D eigenvalue weighted by molar-refractivity contribution is 5.89. The van der Waals surface area contributed by atoms with Gasteiger partial charge in [0.2, 0.25) is 0 Å². The number of nitrogens with zero attached hydrogens (tertiary/aromatic N) is 5. The van der Waals surface area contributed by atoms with E-state index in [1.165, 1.54) is 0 Å². The van der Waals surface area contributed by atoms with Gasteiger partial charge < -0.3 is 19.5 Å². The SMILES string of the molecule is CCn1cnnc1[C@@H]1CN(C(=O)Nc2ccc(C)nc2C)CCO1. The Balaban J connectivity index is 1.69. The van der Waals surface area contributed by atoms with Crippen LogP contribution >= 0.6 is 0 Å². The smallest absolute Gasteiger partial charge is 0.322 e. The van der Waals surface area contributed by atoms with Gasteiger partial charge >= 0.3 is 6.03 Å². The molecule has 1 fully saturated rings. The molecule has 3 rings (SSSR count). The van der Waals surface area contributed by atoms with E-state index in [1.54, 1.807) is 11.2 Å². The minimum atomic E-state index is -0.260. The standard InChI is InChI=1S/C16H22N6O2/c1-4-21-10-17-20-15(21)14-9-22(7-8-24-14)16(23)19-13-6-5-11(2)18-12(13)3/h5-6,10,14H,4,7-9H2,1-3H3,(H,19,23)/t14-/m0/s1. The minimum absolute atomic E-state index is 0.153. The van der Waals surface area contributed by atoms with E-state index < -0.39 is 0 Å². The van der Waals surface area contributed by atoms with E-state index >= 15 is 0 Å². The highest BCUT2D eigenvalue weighted by Gasteiger charge is 2.28. The summed E-state index contributed by atoms with van der Waals surface area (Å²) < 4.78 is 7.71. The van der Waals surface area contributed by atoms with E-state index in [0.717, 1.165) is 29.4 Å². The van der Waals surface area contributed by atoms with Crippen molar-refractivity contribution in [1.82, 2.24) is 24.6 Å². The Morgan fingerprint density at radius 3 is 3.00 bits per heavy atom. The molecule has 1 N–H and O–H groups in total. The van der Waals surface area contributed by atoms with E-state index in [0.29, 0.717) is 19.7 Å². The van der Waals surface area contributed by atoms with Crippen LogP contribution < -0.4 is 5.32 Å². The molecule has 2 aromatic heterocycles. The first-order valence-corrected chi connectivity index (χ1v) is 8.08. The van der Waals surface area contributed by atoms with Crippen molar-refractivity contribution in [2.45, 2.75) is 33.4 Å². The Morgan fingerprint density at radius 1 is 1.42 bits per heavy atom. The van der Waals surface area contributed by atoms with Crippen molar-refractivity contribution in [2.75, 3.05) is 25.0 Å². The number of hydrogen-bond acceptors (Lipinski definition) is 5. The lowest BCUT2D eigenvalue weighted by molar-refractivity contribution is -0.0199. The van der Waals surface area contributed by atoms with Gasteiger partial charge in [-0.15, -0.1) is 10.2 Å². The molecule has 1 aliphatic rings. The van der Waals surface area contributed by atoms with Crippen molar-refractivity contribution < 1.29 is 9.53 Å². The Hall–Kier alpha value is -2.48. The summed E-state index contributed by atoms with van der Waals surface area (Å²) in [4.78, 5) is 18.7. The normalized spacial score (nSPS) is 17.8. The fraction of sp³-hybridized carbons (Fsp3) is 0.500. The Labute approximate surface area is 140 Å². The number of morpholine rings is 1. The summed E-state index contributed by atoms with van der Waals surface area (Å²) in [6.07, 6.45) is 1.42. The number of rotatable bonds is 3. The predicted molar refractivity (Wildman–Crippen MR) is 88.7 cm³/mol. The number of urea groups is 1. The van der Waals surface area contributed by atoms with Gasteiger partial charge in [-0.1, -0.05) is 0 Å². The third-order valence-electron chi connectivity index (χ3n) is 4.09. The zero-order valence-electron chi connectivity index (χ0n) is 14.2. The third-order valence-corrected chi connectivity index (χ3v) is 4.09. The first-order chi connectivity index (χ1) is 11.6. The van der Waals surface area contributed by atoms with Crippen LogP contribution in [0.2, 0.25) is 0 Å². The van der Waals surface area contributed by atoms with Crippen molar-refractivity contribution in [3.63, 3.8) is 0 Å². The summed E-state index contributed by atoms with van der Waals surface area (Å²) in [5.41, 5.74) is 2.46. The molecule has 0 aliphatic carbocycles. The average molecular weight is 330 g/mol. The van der Waals surface area contributed by atoms with Crippen LogP contribution in [-0.2, 0) is 11.3 Å². The number of nitrogens with one attached hydrogen (secondary N) is 1. The van der Waals surface area contributed by atoms with E-state index in [2.05, 4.69) is 20.5 Å². The van der Waals surface area contributed by atoms with Crippen LogP contribution in [0.15, 0.2) is 18.5 Å². The second-order valence-electron chi connectivity index (χ2n) is 5.80. The number of pyridine rings is 1. The Kier molecular flexibility index (Phi) is 4.75. The number of aromatic nitrogens is 4. The van der Waals surface area contributed by atoms with Crippen LogP contribution in [0, 0.1) is 13.8 Å². The maximum absolute atomic E-state index is 12.6. The molecule has 3 heterocycles. The molecule has 8 heteroatoms. The van der Waals surface area contributed by atoms with E-state index in [-0.39, 0.29) is 12.1 Å². The van der Waals surface area contributed by atoms with Crippen LogP contribution in [0.25, 0.3) is 0 Å². The van der Waals surface area contributed by atoms with Gasteiger partial charge in [0, 0.05) is 18.8 Å². The zero-order valence-corrected chi connectivity index (χ0v) is 14.2. The summed E-state index contributed by atoms with van der Waals surface area (Å²) in [7, 11) is 0. The van der Waals surface area contributed by atoms with Crippen molar-refractivity contribution in [3.05, 3.63) is 35.7 Å². The number of amides is 2. The topological polar surface area (TPSA) is 85.2 Å². The second-order valence-corrected chi connectivity index (χ2v) is 5.80. The minimum Gasteiger partial charge on any atom is -0.366 e. The highest BCUT2D eigenvalue weighted by Crippen LogP contribution is 2.21. The number of hydrogen-bond donors (Lipinski definition) is 1. The molecule has 0 bridgehead atoms. The summed E-state index contributed by atoms with van der Waals surface area (Å²) in [6, 6.07) is 3.61. The molecule has 0 unspecified atom stereocenters. The monoisotopic (exact) mass is 330 g/mol. The Bertz CT molecular complexity index is 729. The fourth-order valence-corrected chi connectivity index (χ4v) is 2.76. The van der Waals surface area contributed by atoms with Crippen molar-refractivity contribution in [2.24, 2.45) is 0 Å². The predicted octanol–water partition coefficient (Wildman–Crippen LogP) is 1.92. The van der Waals surface area contributed by atoms with Gasteiger partial charge in [-0.05, 0) is 32.9 Å². The van der Waals surface area contributed by atoms with Gasteiger partial charge in [-0.25, -0.2) is 4.79 Å². The van der Waals surface area contributed by atoms with Gasteiger partial charge in [0.15, 0.2) is 5.82 Å². The molecule has 8 nitrogen and oxygen atoms in total. The zero-order chi connectivity index (χ0) is 17.1. The molecule has 1 aliphatic heterocycles. The molecule has 128 valence electrons. The lowest BCUT2D eigenvalue weighted by atomic mass is 10.2. The molecule has 2 aromatic rings. The molecule has 0 spiro atoms. The molecular formula is C16H22N6O2. The number of ether oxygens (including phenoxy) is 1. The lowest BCUT2D eigenvalue weighted by Gasteiger charge is -2.32. The van der Waals surface area contributed by atoms with Crippen LogP contribution in [0.5, 0.6) is 0 Å². The lowest BCUT2D eigenvalue weighted by Crippen LogP contribution is -2.45. The first kappa shape index (κ1) is 16.4. The second kappa shape index (κ2) is 6.96. The maximum atomic E-state index is 12.6. The molecule has 0 saturated carbocycles. The van der Waals surface area contributed by atoms with Crippen molar-refractivity contribution in [3.8, 4) is 0 Å². The first-order valence-electron chi connectivity index (χ1n) is 8.08. The summed E-state index contributed by atoms with van der Waals surface area (Å²) in [6.45, 7) is 8.06. The van der Waals surface area contributed by atoms with Crippen LogP contribution in [0.3, 0.4) is 0 Å². The molecule has 1 saturated heterocycles. The van der Waals surface area contributed by atoms with Crippen LogP contribution in [0.4, 0.5) is 10.5 Å². The van der Waals surface area contributed by atoms with E-state index in [1.807, 2.05) is 37.5 Å². The number of carbonyl (C=O) groups is 1. The largest absolute Gasteiger partial charge is 0.366 e. The van der Waals surface area contributed by atoms with Gasteiger partial charge in [0.05, 0.1) is 24.5 Å². The van der Waals surface area contributed by atoms with Crippen molar-refractivity contribution >= 4 is 11.7 Å². The maximum Gasteiger partial charge on any atom is 0.322 e. The van der Waals surface area contributed by atoms with Crippen molar-refractivity contribution in [1.29, 1.82) is 0 Å². The van der Waals surface area contributed by atoms with Gasteiger partial charge in [-0.3, -0.25) is 4.98 Å².